The Morgan fingerprint density at radius 3 is 2.62 bits per heavy atom. The summed E-state index contributed by atoms with van der Waals surface area (Å²) in [7, 11) is 0. The monoisotopic (exact) mass is 295 g/mol. The van der Waals surface area contributed by atoms with E-state index in [0.717, 1.165) is 25.0 Å². The Hall–Kier alpha value is -1.96. The molecule has 21 heavy (non-hydrogen) atoms. The minimum absolute atomic E-state index is 0.156. The third-order valence-electron chi connectivity index (χ3n) is 3.80. The van der Waals surface area contributed by atoms with Gasteiger partial charge in [-0.25, -0.2) is 0 Å². The van der Waals surface area contributed by atoms with Crippen LogP contribution < -0.4 is 4.74 Å². The Labute approximate surface area is 121 Å². The van der Waals surface area contributed by atoms with Crippen molar-refractivity contribution in [3.8, 4) is 11.8 Å². The molecule has 2 rings (SSSR count). The summed E-state index contributed by atoms with van der Waals surface area (Å²) >= 11 is 0. The Bertz CT molecular complexity index is 572. The number of nitrogens with zero attached hydrogens (tertiary/aromatic N) is 1. The molecule has 2 nitrogen and oxygen atoms in total. The van der Waals surface area contributed by atoms with Crippen molar-refractivity contribution in [1.29, 1.82) is 5.26 Å². The highest BCUT2D eigenvalue weighted by molar-refractivity contribution is 5.44. The van der Waals surface area contributed by atoms with E-state index >= 15 is 0 Å². The molecule has 1 aromatic carbocycles. The molecule has 0 radical (unpaired) electrons. The summed E-state index contributed by atoms with van der Waals surface area (Å²) in [6.07, 6.45) is 1.49. The molecule has 0 aliphatic heterocycles. The van der Waals surface area contributed by atoms with Gasteiger partial charge in [-0.3, -0.25) is 0 Å². The normalized spacial score (nSPS) is 21.9. The molecule has 1 aromatic rings. The van der Waals surface area contributed by atoms with E-state index in [1.54, 1.807) is 6.07 Å². The smallest absolute Gasteiger partial charge is 0.417 e. The van der Waals surface area contributed by atoms with Gasteiger partial charge in [-0.05, 0) is 42.9 Å². The van der Waals surface area contributed by atoms with Gasteiger partial charge in [0.1, 0.15) is 5.75 Å². The molecule has 5 heteroatoms. The van der Waals surface area contributed by atoms with Crippen LogP contribution in [-0.2, 0) is 6.18 Å². The van der Waals surface area contributed by atoms with Gasteiger partial charge in [-0.2, -0.15) is 18.4 Å². The van der Waals surface area contributed by atoms with Crippen LogP contribution in [0.5, 0.6) is 5.75 Å². The van der Waals surface area contributed by atoms with Crippen molar-refractivity contribution in [2.24, 2.45) is 11.8 Å². The molecule has 1 aliphatic carbocycles. The van der Waals surface area contributed by atoms with Crippen molar-refractivity contribution in [1.82, 2.24) is 0 Å². The van der Waals surface area contributed by atoms with Gasteiger partial charge in [0.2, 0.25) is 0 Å². The molecule has 0 saturated carbocycles. The minimum Gasteiger partial charge on any atom is -0.493 e. The average Bonchev–Trinajstić information content (AvgIpc) is 2.45. The summed E-state index contributed by atoms with van der Waals surface area (Å²) in [6.45, 7) is 2.49. The van der Waals surface area contributed by atoms with E-state index in [2.05, 4.69) is 19.1 Å². The van der Waals surface area contributed by atoms with Crippen molar-refractivity contribution >= 4 is 0 Å². The van der Waals surface area contributed by atoms with E-state index < -0.39 is 11.7 Å². The second kappa shape index (κ2) is 6.21. The summed E-state index contributed by atoms with van der Waals surface area (Å²) in [4.78, 5) is 0. The molecule has 0 amide bonds. The van der Waals surface area contributed by atoms with Gasteiger partial charge in [0.15, 0.2) is 0 Å². The maximum absolute atomic E-state index is 12.9. The molecule has 2 unspecified atom stereocenters. The lowest BCUT2D eigenvalue weighted by molar-refractivity contribution is -0.137. The summed E-state index contributed by atoms with van der Waals surface area (Å²) in [5.41, 5.74) is -1.33. The summed E-state index contributed by atoms with van der Waals surface area (Å²) in [5, 5.41) is 8.74. The molecule has 0 saturated heterocycles. The van der Waals surface area contributed by atoms with Gasteiger partial charge in [0.25, 0.3) is 0 Å². The lowest BCUT2D eigenvalue weighted by Crippen LogP contribution is -2.21. The Morgan fingerprint density at radius 1 is 1.29 bits per heavy atom. The number of halogens is 3. The standard InChI is InChI=1S/C16H16F3NO/c1-11-4-2-3-5-13(11)10-21-14-7-6-12(9-20)15(8-14)16(17,18)19/h2-3,6-8,11,13H,4-5,10H2,1H3. The quantitative estimate of drug-likeness (QED) is 0.766. The zero-order valence-electron chi connectivity index (χ0n) is 11.7. The second-order valence-corrected chi connectivity index (χ2v) is 5.31. The van der Waals surface area contributed by atoms with E-state index in [4.69, 9.17) is 10.00 Å². The largest absolute Gasteiger partial charge is 0.493 e. The summed E-state index contributed by atoms with van der Waals surface area (Å²) in [6, 6.07) is 5.03. The van der Waals surface area contributed by atoms with Crippen LogP contribution in [-0.4, -0.2) is 6.61 Å². The van der Waals surface area contributed by atoms with Crippen molar-refractivity contribution in [3.05, 3.63) is 41.5 Å². The third kappa shape index (κ3) is 3.78. The molecular formula is C16H16F3NO. The highest BCUT2D eigenvalue weighted by Gasteiger charge is 2.34. The molecule has 0 bridgehead atoms. The first kappa shape index (κ1) is 15.4. The van der Waals surface area contributed by atoms with Crippen molar-refractivity contribution in [2.75, 3.05) is 6.61 Å². The first-order chi connectivity index (χ1) is 9.91. The third-order valence-corrected chi connectivity index (χ3v) is 3.80. The van der Waals surface area contributed by atoms with Gasteiger partial charge in [0, 0.05) is 0 Å². The minimum atomic E-state index is -4.55. The Kier molecular flexibility index (Phi) is 4.56. The molecule has 112 valence electrons. The molecule has 2 atom stereocenters. The van der Waals surface area contributed by atoms with Crippen LogP contribution in [0.1, 0.15) is 30.9 Å². The number of hydrogen-bond donors (Lipinski definition) is 0. The molecule has 0 aromatic heterocycles. The average molecular weight is 295 g/mol. The van der Waals surface area contributed by atoms with Crippen LogP contribution in [0.25, 0.3) is 0 Å². The lowest BCUT2D eigenvalue weighted by Gasteiger charge is -2.25. The predicted molar refractivity (Wildman–Crippen MR) is 72.7 cm³/mol. The fourth-order valence-electron chi connectivity index (χ4n) is 2.39. The van der Waals surface area contributed by atoms with Crippen LogP contribution in [0, 0.1) is 23.2 Å². The number of benzene rings is 1. The Balaban J connectivity index is 2.11. The van der Waals surface area contributed by atoms with Crippen LogP contribution in [0.15, 0.2) is 30.4 Å². The van der Waals surface area contributed by atoms with E-state index in [9.17, 15) is 13.2 Å². The molecule has 0 spiro atoms. The SMILES string of the molecule is CC1CC=CCC1COc1ccc(C#N)c(C(F)(F)F)c1. The van der Waals surface area contributed by atoms with Crippen LogP contribution in [0.4, 0.5) is 13.2 Å². The summed E-state index contributed by atoms with van der Waals surface area (Å²) < 4.78 is 44.1. The van der Waals surface area contributed by atoms with Crippen LogP contribution in [0.3, 0.4) is 0 Å². The van der Waals surface area contributed by atoms with Gasteiger partial charge < -0.3 is 4.74 Å². The second-order valence-electron chi connectivity index (χ2n) is 5.31. The molecule has 0 N–H and O–H groups in total. The van der Waals surface area contributed by atoms with Gasteiger partial charge in [0.05, 0.1) is 23.8 Å². The van der Waals surface area contributed by atoms with E-state index in [-0.39, 0.29) is 11.3 Å². The van der Waals surface area contributed by atoms with Crippen molar-refractivity contribution < 1.29 is 17.9 Å². The van der Waals surface area contributed by atoms with Crippen LogP contribution in [0.2, 0.25) is 0 Å². The van der Waals surface area contributed by atoms with E-state index in [1.165, 1.54) is 6.07 Å². The van der Waals surface area contributed by atoms with E-state index in [1.807, 2.05) is 0 Å². The number of hydrogen-bond acceptors (Lipinski definition) is 2. The van der Waals surface area contributed by atoms with Crippen molar-refractivity contribution in [2.45, 2.75) is 25.9 Å². The van der Waals surface area contributed by atoms with Crippen molar-refractivity contribution in [3.63, 3.8) is 0 Å². The highest BCUT2D eigenvalue weighted by atomic mass is 19.4. The summed E-state index contributed by atoms with van der Waals surface area (Å²) in [5.74, 6) is 0.915. The van der Waals surface area contributed by atoms with Gasteiger partial charge in [-0.15, -0.1) is 0 Å². The van der Waals surface area contributed by atoms with E-state index in [0.29, 0.717) is 18.4 Å². The fraction of sp³-hybridized carbons (Fsp3) is 0.438. The zero-order valence-corrected chi connectivity index (χ0v) is 11.7. The van der Waals surface area contributed by atoms with Gasteiger partial charge >= 0.3 is 6.18 Å². The number of allylic oxidation sites excluding steroid dienone is 2. The predicted octanol–water partition coefficient (Wildman–Crippen LogP) is 4.56. The number of nitriles is 1. The molecular weight excluding hydrogens is 279 g/mol. The zero-order chi connectivity index (χ0) is 15.5. The first-order valence-electron chi connectivity index (χ1n) is 6.81. The Morgan fingerprint density at radius 2 is 2.00 bits per heavy atom. The fourth-order valence-corrected chi connectivity index (χ4v) is 2.39. The van der Waals surface area contributed by atoms with Gasteiger partial charge in [-0.1, -0.05) is 19.1 Å². The number of rotatable bonds is 3. The molecule has 0 fully saturated rings. The van der Waals surface area contributed by atoms with Crippen LogP contribution >= 0.6 is 0 Å². The topological polar surface area (TPSA) is 33.0 Å². The lowest BCUT2D eigenvalue weighted by atomic mass is 9.85. The highest BCUT2D eigenvalue weighted by Crippen LogP contribution is 2.34. The number of alkyl halides is 3. The molecule has 0 heterocycles. The first-order valence-corrected chi connectivity index (χ1v) is 6.81. The molecule has 1 aliphatic rings. The maximum Gasteiger partial charge on any atom is 0.417 e. The number of ether oxygens (including phenoxy) is 1. The maximum atomic E-state index is 12.9.